The third-order valence-corrected chi connectivity index (χ3v) is 4.03. The van der Waals surface area contributed by atoms with E-state index in [0.29, 0.717) is 42.0 Å². The van der Waals surface area contributed by atoms with Crippen LogP contribution in [-0.2, 0) is 11.3 Å². The number of thiophene rings is 1. The summed E-state index contributed by atoms with van der Waals surface area (Å²) in [5, 5.41) is 7.64. The molecule has 0 radical (unpaired) electrons. The molecule has 0 aliphatic heterocycles. The van der Waals surface area contributed by atoms with Crippen molar-refractivity contribution >= 4 is 17.3 Å². The van der Waals surface area contributed by atoms with Crippen LogP contribution in [0.25, 0.3) is 11.5 Å². The average molecular weight is 374 g/mol. The number of ether oxygens (including phenoxy) is 3. The van der Waals surface area contributed by atoms with Crippen molar-refractivity contribution in [3.8, 4) is 23.0 Å². The van der Waals surface area contributed by atoms with E-state index < -0.39 is 5.97 Å². The number of rotatable bonds is 8. The molecule has 136 valence electrons. The van der Waals surface area contributed by atoms with E-state index in [4.69, 9.17) is 18.7 Å². The van der Waals surface area contributed by atoms with Crippen LogP contribution in [0.2, 0.25) is 0 Å². The Bertz CT molecular complexity index is 860. The Kier molecular flexibility index (Phi) is 5.85. The smallest absolute Gasteiger partial charge is 0.338 e. The van der Waals surface area contributed by atoms with Gasteiger partial charge in [-0.1, -0.05) is 5.16 Å². The Morgan fingerprint density at radius 3 is 2.69 bits per heavy atom. The summed E-state index contributed by atoms with van der Waals surface area (Å²) in [4.78, 5) is 16.5. The first-order chi connectivity index (χ1) is 12.7. The lowest BCUT2D eigenvalue weighted by molar-refractivity contribution is 0.0459. The van der Waals surface area contributed by atoms with Crippen molar-refractivity contribution in [1.82, 2.24) is 10.1 Å². The minimum Gasteiger partial charge on any atom is -0.490 e. The standard InChI is InChI=1S/C18H18N2O5S/c1-3-22-14-6-5-12(9-15(14)23-4-2)18(21)24-10-16-19-17(25-20-16)13-7-8-26-11-13/h5-9,11H,3-4,10H2,1-2H3. The summed E-state index contributed by atoms with van der Waals surface area (Å²) < 4.78 is 21.4. The minimum absolute atomic E-state index is 0.0797. The average Bonchev–Trinajstić information content (AvgIpc) is 3.33. The van der Waals surface area contributed by atoms with Gasteiger partial charge in [0.1, 0.15) is 0 Å². The van der Waals surface area contributed by atoms with Crippen LogP contribution < -0.4 is 9.47 Å². The maximum atomic E-state index is 12.3. The molecule has 0 spiro atoms. The Labute approximate surface area is 154 Å². The number of aromatic nitrogens is 2. The highest BCUT2D eigenvalue weighted by molar-refractivity contribution is 7.08. The zero-order chi connectivity index (χ0) is 18.4. The molecule has 0 aliphatic rings. The molecule has 0 atom stereocenters. The topological polar surface area (TPSA) is 83.7 Å². The number of carbonyl (C=O) groups is 1. The molecule has 0 saturated heterocycles. The van der Waals surface area contributed by atoms with Crippen molar-refractivity contribution in [3.63, 3.8) is 0 Å². The molecule has 26 heavy (non-hydrogen) atoms. The van der Waals surface area contributed by atoms with Gasteiger partial charge in [-0.2, -0.15) is 16.3 Å². The molecule has 2 heterocycles. The van der Waals surface area contributed by atoms with E-state index in [2.05, 4.69) is 10.1 Å². The number of nitrogens with zero attached hydrogens (tertiary/aromatic N) is 2. The van der Waals surface area contributed by atoms with Gasteiger partial charge in [0.2, 0.25) is 5.82 Å². The Morgan fingerprint density at radius 1 is 1.15 bits per heavy atom. The number of hydrogen-bond donors (Lipinski definition) is 0. The molecule has 0 fully saturated rings. The van der Waals surface area contributed by atoms with Gasteiger partial charge in [-0.05, 0) is 43.5 Å². The highest BCUT2D eigenvalue weighted by Crippen LogP contribution is 2.29. The van der Waals surface area contributed by atoms with Crippen LogP contribution in [0.15, 0.2) is 39.5 Å². The quantitative estimate of drug-likeness (QED) is 0.552. The van der Waals surface area contributed by atoms with Crippen molar-refractivity contribution in [2.45, 2.75) is 20.5 Å². The first-order valence-corrected chi connectivity index (χ1v) is 9.07. The summed E-state index contributed by atoms with van der Waals surface area (Å²) in [6.45, 7) is 4.64. The minimum atomic E-state index is -0.504. The van der Waals surface area contributed by atoms with Crippen LogP contribution >= 0.6 is 11.3 Å². The van der Waals surface area contributed by atoms with Gasteiger partial charge >= 0.3 is 5.97 Å². The molecule has 0 bridgehead atoms. The molecule has 3 aromatic rings. The molecule has 0 saturated carbocycles. The summed E-state index contributed by atoms with van der Waals surface area (Å²) in [5.74, 6) is 1.29. The van der Waals surface area contributed by atoms with Gasteiger partial charge in [0.25, 0.3) is 5.89 Å². The zero-order valence-corrected chi connectivity index (χ0v) is 15.2. The van der Waals surface area contributed by atoms with Crippen molar-refractivity contribution in [2.24, 2.45) is 0 Å². The van der Waals surface area contributed by atoms with E-state index in [1.807, 2.05) is 30.7 Å². The van der Waals surface area contributed by atoms with E-state index in [0.717, 1.165) is 5.56 Å². The monoisotopic (exact) mass is 374 g/mol. The maximum absolute atomic E-state index is 12.3. The second-order valence-corrected chi connectivity index (χ2v) is 5.91. The zero-order valence-electron chi connectivity index (χ0n) is 14.4. The van der Waals surface area contributed by atoms with Gasteiger partial charge in [-0.15, -0.1) is 0 Å². The fourth-order valence-corrected chi connectivity index (χ4v) is 2.84. The summed E-state index contributed by atoms with van der Waals surface area (Å²) in [6, 6.07) is 6.80. The first kappa shape index (κ1) is 17.9. The third kappa shape index (κ3) is 4.20. The van der Waals surface area contributed by atoms with Gasteiger partial charge in [0.05, 0.1) is 24.3 Å². The van der Waals surface area contributed by atoms with Crippen LogP contribution in [0.3, 0.4) is 0 Å². The van der Waals surface area contributed by atoms with E-state index in [1.54, 1.807) is 18.2 Å². The SMILES string of the molecule is CCOc1ccc(C(=O)OCc2noc(-c3ccsc3)n2)cc1OCC. The molecule has 3 rings (SSSR count). The van der Waals surface area contributed by atoms with Crippen LogP contribution in [-0.4, -0.2) is 29.3 Å². The number of carbonyl (C=O) groups excluding carboxylic acids is 1. The second kappa shape index (κ2) is 8.48. The summed E-state index contributed by atoms with van der Waals surface area (Å²) in [6.07, 6.45) is 0. The predicted octanol–water partition coefficient (Wildman–Crippen LogP) is 3.95. The molecular weight excluding hydrogens is 356 g/mol. The number of hydrogen-bond acceptors (Lipinski definition) is 8. The van der Waals surface area contributed by atoms with Crippen LogP contribution in [0, 0.1) is 0 Å². The normalized spacial score (nSPS) is 10.5. The van der Waals surface area contributed by atoms with Gasteiger partial charge in [-0.3, -0.25) is 0 Å². The molecular formula is C18H18N2O5S. The van der Waals surface area contributed by atoms with Crippen LogP contribution in [0.5, 0.6) is 11.5 Å². The highest BCUT2D eigenvalue weighted by Gasteiger charge is 2.15. The largest absolute Gasteiger partial charge is 0.490 e. The lowest BCUT2D eigenvalue weighted by Gasteiger charge is -2.11. The van der Waals surface area contributed by atoms with Crippen LogP contribution in [0.4, 0.5) is 0 Å². The van der Waals surface area contributed by atoms with E-state index in [-0.39, 0.29) is 6.61 Å². The fraction of sp³-hybridized carbons (Fsp3) is 0.278. The molecule has 0 unspecified atom stereocenters. The number of benzene rings is 1. The number of esters is 1. The Hall–Kier alpha value is -2.87. The van der Waals surface area contributed by atoms with Crippen molar-refractivity contribution in [3.05, 3.63) is 46.4 Å². The summed E-state index contributed by atoms with van der Waals surface area (Å²) >= 11 is 1.53. The second-order valence-electron chi connectivity index (χ2n) is 5.13. The van der Waals surface area contributed by atoms with Gasteiger partial charge in [0, 0.05) is 5.38 Å². The van der Waals surface area contributed by atoms with Gasteiger partial charge in [-0.25, -0.2) is 4.79 Å². The molecule has 0 N–H and O–H groups in total. The van der Waals surface area contributed by atoms with Crippen molar-refractivity contribution in [1.29, 1.82) is 0 Å². The maximum Gasteiger partial charge on any atom is 0.338 e. The van der Waals surface area contributed by atoms with E-state index >= 15 is 0 Å². The molecule has 0 aliphatic carbocycles. The first-order valence-electron chi connectivity index (χ1n) is 8.13. The Balaban J connectivity index is 1.65. The highest BCUT2D eigenvalue weighted by atomic mass is 32.1. The molecule has 2 aromatic heterocycles. The molecule has 0 amide bonds. The summed E-state index contributed by atoms with van der Waals surface area (Å²) in [5.41, 5.74) is 1.20. The molecule has 7 nitrogen and oxygen atoms in total. The lowest BCUT2D eigenvalue weighted by Crippen LogP contribution is -2.07. The summed E-state index contributed by atoms with van der Waals surface area (Å²) in [7, 11) is 0. The predicted molar refractivity (Wildman–Crippen MR) is 95.5 cm³/mol. The van der Waals surface area contributed by atoms with Crippen LogP contribution in [0.1, 0.15) is 30.0 Å². The fourth-order valence-electron chi connectivity index (χ4n) is 2.21. The van der Waals surface area contributed by atoms with Gasteiger partial charge < -0.3 is 18.7 Å². The third-order valence-electron chi connectivity index (χ3n) is 3.35. The molecule has 8 heteroatoms. The lowest BCUT2D eigenvalue weighted by atomic mass is 10.2. The van der Waals surface area contributed by atoms with E-state index in [9.17, 15) is 4.79 Å². The van der Waals surface area contributed by atoms with Gasteiger partial charge in [0.15, 0.2) is 18.1 Å². The molecule has 1 aromatic carbocycles. The van der Waals surface area contributed by atoms with Crippen molar-refractivity contribution in [2.75, 3.05) is 13.2 Å². The van der Waals surface area contributed by atoms with Crippen molar-refractivity contribution < 1.29 is 23.5 Å². The van der Waals surface area contributed by atoms with E-state index in [1.165, 1.54) is 11.3 Å². The Morgan fingerprint density at radius 2 is 1.96 bits per heavy atom.